The zero-order valence-electron chi connectivity index (χ0n) is 8.63. The van der Waals surface area contributed by atoms with Gasteiger partial charge in [0.05, 0.1) is 7.11 Å². The maximum Gasteiger partial charge on any atom is 0.322 e. The van der Waals surface area contributed by atoms with Crippen LogP contribution in [0.1, 0.15) is 6.92 Å². The number of nitrogens with zero attached hydrogens (tertiary/aromatic N) is 1. The molecule has 1 atom stereocenters. The van der Waals surface area contributed by atoms with E-state index in [2.05, 4.69) is 4.74 Å². The number of carboxylic acids is 1. The number of carbonyl (C=O) groups is 2. The van der Waals surface area contributed by atoms with Gasteiger partial charge in [-0.25, -0.2) is 8.42 Å². The zero-order valence-corrected chi connectivity index (χ0v) is 9.44. The summed E-state index contributed by atoms with van der Waals surface area (Å²) in [6.45, 7) is 1.21. The molecule has 0 aromatic heterocycles. The summed E-state index contributed by atoms with van der Waals surface area (Å²) in [5.41, 5.74) is 0. The van der Waals surface area contributed by atoms with Crippen molar-refractivity contribution in [3.05, 3.63) is 0 Å². The lowest BCUT2D eigenvalue weighted by molar-refractivity contribution is -0.141. The molecule has 1 unspecified atom stereocenters. The third-order valence-corrected chi connectivity index (χ3v) is 3.66. The van der Waals surface area contributed by atoms with E-state index < -0.39 is 33.8 Å². The van der Waals surface area contributed by atoms with E-state index in [1.807, 2.05) is 0 Å². The van der Waals surface area contributed by atoms with Gasteiger partial charge in [0.2, 0.25) is 10.0 Å². The van der Waals surface area contributed by atoms with E-state index >= 15 is 0 Å². The third-order valence-electron chi connectivity index (χ3n) is 1.87. The summed E-state index contributed by atoms with van der Waals surface area (Å²) in [6, 6.07) is -1.22. The number of carbonyl (C=O) groups excluding carboxylic acids is 1. The highest BCUT2D eigenvalue weighted by molar-refractivity contribution is 7.89. The number of ether oxygens (including phenoxy) is 1. The van der Waals surface area contributed by atoms with Crippen LogP contribution in [0.5, 0.6) is 0 Å². The lowest BCUT2D eigenvalue weighted by Crippen LogP contribution is -2.42. The lowest BCUT2D eigenvalue weighted by Gasteiger charge is -2.20. The fourth-order valence-corrected chi connectivity index (χ4v) is 1.90. The minimum absolute atomic E-state index is 0.617. The number of sulfonamides is 1. The Kier molecular flexibility index (Phi) is 4.69. The molecule has 1 N–H and O–H groups in total. The second kappa shape index (κ2) is 5.08. The van der Waals surface area contributed by atoms with Gasteiger partial charge >= 0.3 is 11.9 Å². The fourth-order valence-electron chi connectivity index (χ4n) is 0.706. The van der Waals surface area contributed by atoms with Gasteiger partial charge in [-0.1, -0.05) is 0 Å². The van der Waals surface area contributed by atoms with Crippen LogP contribution in [0.3, 0.4) is 0 Å². The number of hydrogen-bond acceptors (Lipinski definition) is 5. The van der Waals surface area contributed by atoms with Crippen LogP contribution in [0, 0.1) is 0 Å². The van der Waals surface area contributed by atoms with E-state index in [1.165, 1.54) is 6.92 Å². The molecule has 0 radical (unpaired) electrons. The number of methoxy groups -OCH3 is 1. The molecule has 0 aromatic rings. The average molecular weight is 239 g/mol. The molecule has 7 nitrogen and oxygen atoms in total. The highest BCUT2D eigenvalue weighted by Crippen LogP contribution is 2.05. The number of esters is 1. The summed E-state index contributed by atoms with van der Waals surface area (Å²) in [4.78, 5) is 21.3. The van der Waals surface area contributed by atoms with E-state index in [4.69, 9.17) is 5.11 Å². The monoisotopic (exact) mass is 239 g/mol. The summed E-state index contributed by atoms with van der Waals surface area (Å²) in [5.74, 6) is -3.08. The molecule has 8 heteroatoms. The fraction of sp³-hybridized carbons (Fsp3) is 0.714. The van der Waals surface area contributed by atoms with Gasteiger partial charge in [-0.05, 0) is 6.92 Å². The minimum Gasteiger partial charge on any atom is -0.480 e. The standard InChI is InChI=1S/C7H13NO6S/c1-5(7(10)11)8(2)15(12,13)4-6(9)14-3/h5H,4H2,1-3H3,(H,10,11). The van der Waals surface area contributed by atoms with Crippen LogP contribution in [-0.2, 0) is 24.3 Å². The van der Waals surface area contributed by atoms with Crippen molar-refractivity contribution in [3.8, 4) is 0 Å². The molecule has 88 valence electrons. The second-order valence-corrected chi connectivity index (χ2v) is 4.89. The number of hydrogen-bond donors (Lipinski definition) is 1. The van der Waals surface area contributed by atoms with E-state index in [0.717, 1.165) is 14.2 Å². The Hall–Kier alpha value is -1.15. The summed E-state index contributed by atoms with van der Waals surface area (Å²) < 4.78 is 27.6. The molecule has 0 bridgehead atoms. The number of likely N-dealkylation sites (N-methyl/N-ethyl adjacent to an activating group) is 1. The third kappa shape index (κ3) is 3.84. The predicted octanol–water partition coefficient (Wildman–Crippen LogP) is -1.11. The molecule has 0 saturated heterocycles. The SMILES string of the molecule is COC(=O)CS(=O)(=O)N(C)C(C)C(=O)O. The smallest absolute Gasteiger partial charge is 0.322 e. The van der Waals surface area contributed by atoms with Gasteiger partial charge in [0.25, 0.3) is 0 Å². The molecule has 15 heavy (non-hydrogen) atoms. The Labute approximate surface area is 87.7 Å². The van der Waals surface area contributed by atoms with Gasteiger partial charge in [0.1, 0.15) is 6.04 Å². The molecule has 0 spiro atoms. The van der Waals surface area contributed by atoms with E-state index in [9.17, 15) is 18.0 Å². The molecule has 0 aromatic carbocycles. The Morgan fingerprint density at radius 3 is 2.27 bits per heavy atom. The number of rotatable bonds is 5. The predicted molar refractivity (Wildman–Crippen MR) is 50.7 cm³/mol. The van der Waals surface area contributed by atoms with Gasteiger partial charge < -0.3 is 9.84 Å². The molecule has 0 aliphatic carbocycles. The van der Waals surface area contributed by atoms with Crippen molar-refractivity contribution >= 4 is 22.0 Å². The summed E-state index contributed by atoms with van der Waals surface area (Å²) in [6.07, 6.45) is 0. The molecule has 0 fully saturated rings. The average Bonchev–Trinajstić information content (AvgIpc) is 2.14. The zero-order chi connectivity index (χ0) is 12.2. The molecular weight excluding hydrogens is 226 g/mol. The van der Waals surface area contributed by atoms with Crippen molar-refractivity contribution in [3.63, 3.8) is 0 Å². The van der Waals surface area contributed by atoms with Crippen LogP contribution in [0.15, 0.2) is 0 Å². The summed E-state index contributed by atoms with van der Waals surface area (Å²) >= 11 is 0. The molecule has 0 aliphatic heterocycles. The molecule has 0 aliphatic rings. The first-order chi connectivity index (χ1) is 6.72. The van der Waals surface area contributed by atoms with Crippen molar-refractivity contribution in [1.82, 2.24) is 4.31 Å². The highest BCUT2D eigenvalue weighted by atomic mass is 32.2. The van der Waals surface area contributed by atoms with Crippen molar-refractivity contribution in [2.75, 3.05) is 19.9 Å². The Bertz CT molecular complexity index is 348. The molecule has 0 rings (SSSR count). The molecular formula is C7H13NO6S. The van der Waals surface area contributed by atoms with Crippen LogP contribution in [-0.4, -0.2) is 55.7 Å². The van der Waals surface area contributed by atoms with Gasteiger partial charge in [-0.15, -0.1) is 0 Å². The van der Waals surface area contributed by atoms with Gasteiger partial charge in [0, 0.05) is 7.05 Å². The molecule has 0 saturated carbocycles. The van der Waals surface area contributed by atoms with Crippen molar-refractivity contribution in [2.45, 2.75) is 13.0 Å². The van der Waals surface area contributed by atoms with Gasteiger partial charge in [0.15, 0.2) is 5.75 Å². The van der Waals surface area contributed by atoms with Crippen LogP contribution >= 0.6 is 0 Å². The van der Waals surface area contributed by atoms with Crippen LogP contribution in [0.25, 0.3) is 0 Å². The van der Waals surface area contributed by atoms with Gasteiger partial charge in [-0.2, -0.15) is 4.31 Å². The molecule has 0 amide bonds. The Balaban J connectivity index is 4.74. The first-order valence-corrected chi connectivity index (χ1v) is 5.58. The first kappa shape index (κ1) is 13.8. The normalized spacial score (nSPS) is 13.6. The maximum atomic E-state index is 11.4. The highest BCUT2D eigenvalue weighted by Gasteiger charge is 2.30. The Morgan fingerprint density at radius 2 is 1.93 bits per heavy atom. The number of carboxylic acid groups (broad SMARTS) is 1. The Morgan fingerprint density at radius 1 is 1.47 bits per heavy atom. The summed E-state index contributed by atoms with van der Waals surface area (Å²) in [7, 11) is -1.79. The first-order valence-electron chi connectivity index (χ1n) is 3.97. The van der Waals surface area contributed by atoms with E-state index in [1.54, 1.807) is 0 Å². The minimum atomic E-state index is -3.94. The lowest BCUT2D eigenvalue weighted by atomic mass is 10.4. The van der Waals surface area contributed by atoms with Gasteiger partial charge in [-0.3, -0.25) is 9.59 Å². The summed E-state index contributed by atoms with van der Waals surface area (Å²) in [5, 5.41) is 8.58. The second-order valence-electron chi connectivity index (χ2n) is 2.86. The van der Waals surface area contributed by atoms with Crippen LogP contribution in [0.2, 0.25) is 0 Å². The molecule has 0 heterocycles. The quantitative estimate of drug-likeness (QED) is 0.611. The van der Waals surface area contributed by atoms with Crippen molar-refractivity contribution < 1.29 is 27.9 Å². The number of aliphatic carboxylic acids is 1. The van der Waals surface area contributed by atoms with Crippen molar-refractivity contribution in [1.29, 1.82) is 0 Å². The van der Waals surface area contributed by atoms with E-state index in [-0.39, 0.29) is 0 Å². The van der Waals surface area contributed by atoms with Crippen LogP contribution < -0.4 is 0 Å². The maximum absolute atomic E-state index is 11.4. The van der Waals surface area contributed by atoms with Crippen molar-refractivity contribution in [2.24, 2.45) is 0 Å². The van der Waals surface area contributed by atoms with Crippen LogP contribution in [0.4, 0.5) is 0 Å². The topological polar surface area (TPSA) is 101 Å². The largest absolute Gasteiger partial charge is 0.480 e. The van der Waals surface area contributed by atoms with E-state index in [0.29, 0.717) is 4.31 Å².